The van der Waals surface area contributed by atoms with E-state index in [0.717, 1.165) is 12.8 Å². The largest absolute Gasteiger partial charge is 0.258 e. The molecule has 0 aromatic carbocycles. The third-order valence-electron chi connectivity index (χ3n) is 1.91. The highest BCUT2D eigenvalue weighted by atomic mass is 32.2. The Balaban J connectivity index is 4.46. The Hall–Kier alpha value is 0.150. The monoisotopic (exact) mass is 190 g/mol. The zero-order chi connectivity index (χ0) is 9.99. The first-order valence-corrected chi connectivity index (χ1v) is 5.79. The van der Waals surface area contributed by atoms with E-state index in [1.807, 2.05) is 20.8 Å². The number of hydrogen-bond acceptors (Lipinski definition) is 1. The Kier molecular flexibility index (Phi) is 3.95. The van der Waals surface area contributed by atoms with E-state index in [4.69, 9.17) is 0 Å². The zero-order valence-corrected chi connectivity index (χ0v) is 10.0. The average molecular weight is 190 g/mol. The third kappa shape index (κ3) is 3.26. The summed E-state index contributed by atoms with van der Waals surface area (Å²) in [6, 6.07) is 0. The highest BCUT2D eigenvalue weighted by Gasteiger charge is 2.33. The molecule has 0 rings (SSSR count). The van der Waals surface area contributed by atoms with E-state index in [1.54, 1.807) is 0 Å². The minimum absolute atomic E-state index is 0.0347. The number of hydrogen-bond donors (Lipinski definition) is 0. The van der Waals surface area contributed by atoms with E-state index in [9.17, 15) is 4.21 Å². The Morgan fingerprint density at radius 1 is 1.08 bits per heavy atom. The standard InChI is InChI=1S/C10H22OS/c1-7-8-10(5,6)12(11)9(2,3)4/h7-8H2,1-6H3. The molecule has 0 fully saturated rings. The van der Waals surface area contributed by atoms with Gasteiger partial charge in [-0.05, 0) is 41.0 Å². The van der Waals surface area contributed by atoms with Crippen LogP contribution in [-0.2, 0) is 10.8 Å². The minimum Gasteiger partial charge on any atom is -0.258 e. The third-order valence-corrected chi connectivity index (χ3v) is 4.23. The van der Waals surface area contributed by atoms with Crippen LogP contribution in [-0.4, -0.2) is 13.7 Å². The van der Waals surface area contributed by atoms with Crippen LogP contribution in [0.25, 0.3) is 0 Å². The summed E-state index contributed by atoms with van der Waals surface area (Å²) in [5.74, 6) is 0. The molecule has 1 atom stereocenters. The van der Waals surface area contributed by atoms with Crippen molar-refractivity contribution in [1.29, 1.82) is 0 Å². The first kappa shape index (κ1) is 12.2. The second-order valence-electron chi connectivity index (χ2n) is 4.89. The molecule has 0 bridgehead atoms. The van der Waals surface area contributed by atoms with Crippen molar-refractivity contribution in [3.05, 3.63) is 0 Å². The Labute approximate surface area is 79.4 Å². The Bertz CT molecular complexity index is 165. The Morgan fingerprint density at radius 3 is 1.75 bits per heavy atom. The zero-order valence-electron chi connectivity index (χ0n) is 9.23. The maximum Gasteiger partial charge on any atom is 0.0408 e. The smallest absolute Gasteiger partial charge is 0.0408 e. The molecule has 0 saturated heterocycles. The first-order valence-electron chi connectivity index (χ1n) is 4.64. The van der Waals surface area contributed by atoms with E-state index >= 15 is 0 Å². The van der Waals surface area contributed by atoms with Gasteiger partial charge in [0, 0.05) is 20.3 Å². The van der Waals surface area contributed by atoms with Gasteiger partial charge in [0.15, 0.2) is 0 Å². The highest BCUT2D eigenvalue weighted by Crippen LogP contribution is 2.28. The lowest BCUT2D eigenvalue weighted by Gasteiger charge is -2.31. The maximum absolute atomic E-state index is 12.0. The van der Waals surface area contributed by atoms with Crippen LogP contribution in [0.5, 0.6) is 0 Å². The summed E-state index contributed by atoms with van der Waals surface area (Å²) in [6.07, 6.45) is 2.14. The van der Waals surface area contributed by atoms with E-state index in [1.165, 1.54) is 0 Å². The molecule has 74 valence electrons. The molecule has 1 unspecified atom stereocenters. The predicted molar refractivity (Wildman–Crippen MR) is 56.9 cm³/mol. The number of rotatable bonds is 3. The van der Waals surface area contributed by atoms with Gasteiger partial charge in [0.25, 0.3) is 0 Å². The molecule has 1 nitrogen and oxygen atoms in total. The minimum atomic E-state index is -0.748. The van der Waals surface area contributed by atoms with Gasteiger partial charge in [-0.15, -0.1) is 0 Å². The molecule has 12 heavy (non-hydrogen) atoms. The van der Waals surface area contributed by atoms with Crippen molar-refractivity contribution in [2.75, 3.05) is 0 Å². The summed E-state index contributed by atoms with van der Waals surface area (Å²) < 4.78 is 11.9. The van der Waals surface area contributed by atoms with Crippen LogP contribution < -0.4 is 0 Å². The van der Waals surface area contributed by atoms with Crippen LogP contribution in [0.4, 0.5) is 0 Å². The van der Waals surface area contributed by atoms with E-state index in [0.29, 0.717) is 0 Å². The van der Waals surface area contributed by atoms with E-state index in [2.05, 4.69) is 20.8 Å². The van der Waals surface area contributed by atoms with Gasteiger partial charge < -0.3 is 0 Å². The van der Waals surface area contributed by atoms with Crippen molar-refractivity contribution in [1.82, 2.24) is 0 Å². The fourth-order valence-electron chi connectivity index (χ4n) is 1.52. The van der Waals surface area contributed by atoms with Gasteiger partial charge in [-0.25, -0.2) is 0 Å². The van der Waals surface area contributed by atoms with Gasteiger partial charge in [-0.3, -0.25) is 4.21 Å². The van der Waals surface area contributed by atoms with Crippen molar-refractivity contribution < 1.29 is 4.21 Å². The van der Waals surface area contributed by atoms with Crippen LogP contribution in [0, 0.1) is 0 Å². The normalized spacial score (nSPS) is 16.2. The lowest BCUT2D eigenvalue weighted by Crippen LogP contribution is -2.38. The molecule has 0 saturated carbocycles. The van der Waals surface area contributed by atoms with Gasteiger partial charge >= 0.3 is 0 Å². The topological polar surface area (TPSA) is 17.1 Å². The molecular weight excluding hydrogens is 168 g/mol. The van der Waals surface area contributed by atoms with E-state index in [-0.39, 0.29) is 9.49 Å². The van der Waals surface area contributed by atoms with Gasteiger partial charge in [0.05, 0.1) is 0 Å². The van der Waals surface area contributed by atoms with Crippen molar-refractivity contribution in [2.45, 2.75) is 63.9 Å². The summed E-state index contributed by atoms with van der Waals surface area (Å²) in [4.78, 5) is 0. The molecule has 0 aromatic rings. The summed E-state index contributed by atoms with van der Waals surface area (Å²) >= 11 is 0. The van der Waals surface area contributed by atoms with Gasteiger partial charge in [0.2, 0.25) is 0 Å². The van der Waals surface area contributed by atoms with Gasteiger partial charge in [-0.1, -0.05) is 13.3 Å². The summed E-state index contributed by atoms with van der Waals surface area (Å²) in [7, 11) is -0.748. The molecule has 0 aliphatic rings. The summed E-state index contributed by atoms with van der Waals surface area (Å²) in [5, 5.41) is 0. The van der Waals surface area contributed by atoms with Crippen LogP contribution in [0.2, 0.25) is 0 Å². The molecule has 0 aromatic heterocycles. The highest BCUT2D eigenvalue weighted by molar-refractivity contribution is 7.87. The SMILES string of the molecule is CCCC(C)(C)S(=O)C(C)(C)C. The first-order chi connectivity index (χ1) is 5.22. The molecule has 0 aliphatic carbocycles. The van der Waals surface area contributed by atoms with Crippen molar-refractivity contribution in [2.24, 2.45) is 0 Å². The Morgan fingerprint density at radius 2 is 1.50 bits per heavy atom. The van der Waals surface area contributed by atoms with Crippen LogP contribution in [0.1, 0.15) is 54.4 Å². The summed E-state index contributed by atoms with van der Waals surface area (Å²) in [5.41, 5.74) is 0. The molecule has 2 heteroatoms. The molecule has 0 N–H and O–H groups in total. The molecule has 0 aliphatic heterocycles. The van der Waals surface area contributed by atoms with Crippen LogP contribution >= 0.6 is 0 Å². The maximum atomic E-state index is 12.0. The van der Waals surface area contributed by atoms with Crippen molar-refractivity contribution >= 4 is 10.8 Å². The fraction of sp³-hybridized carbons (Fsp3) is 1.00. The second kappa shape index (κ2) is 3.91. The van der Waals surface area contributed by atoms with E-state index < -0.39 is 10.8 Å². The fourth-order valence-corrected chi connectivity index (χ4v) is 3.57. The van der Waals surface area contributed by atoms with Gasteiger partial charge in [0.1, 0.15) is 0 Å². The van der Waals surface area contributed by atoms with Crippen molar-refractivity contribution in [3.8, 4) is 0 Å². The lowest BCUT2D eigenvalue weighted by molar-refractivity contribution is 0.559. The van der Waals surface area contributed by atoms with Crippen molar-refractivity contribution in [3.63, 3.8) is 0 Å². The molecule has 0 radical (unpaired) electrons. The van der Waals surface area contributed by atoms with Gasteiger partial charge in [-0.2, -0.15) is 0 Å². The molecule has 0 heterocycles. The van der Waals surface area contributed by atoms with Crippen LogP contribution in [0.3, 0.4) is 0 Å². The van der Waals surface area contributed by atoms with Crippen LogP contribution in [0.15, 0.2) is 0 Å². The second-order valence-corrected chi connectivity index (χ2v) is 7.76. The predicted octanol–water partition coefficient (Wildman–Crippen LogP) is 3.11. The molecule has 0 spiro atoms. The lowest BCUT2D eigenvalue weighted by atomic mass is 10.1. The molecular formula is C10H22OS. The average Bonchev–Trinajstić information content (AvgIpc) is 1.84. The molecule has 0 amide bonds. The summed E-state index contributed by atoms with van der Waals surface area (Å²) in [6.45, 7) is 12.5. The quantitative estimate of drug-likeness (QED) is 0.668.